The lowest BCUT2D eigenvalue weighted by molar-refractivity contribution is -0.123. The van der Waals surface area contributed by atoms with Crippen LogP contribution in [0.25, 0.3) is 0 Å². The van der Waals surface area contributed by atoms with Crippen LogP contribution in [-0.2, 0) is 9.53 Å². The zero-order chi connectivity index (χ0) is 14.7. The molecule has 2 aromatic rings. The van der Waals surface area contributed by atoms with Gasteiger partial charge in [-0.05, 0) is 30.9 Å². The Morgan fingerprint density at radius 1 is 1.48 bits per heavy atom. The van der Waals surface area contributed by atoms with E-state index in [4.69, 9.17) is 4.74 Å². The molecule has 5 heteroatoms. The first-order valence-electron chi connectivity index (χ1n) is 7.11. The molecule has 110 valence electrons. The fourth-order valence-corrected chi connectivity index (χ4v) is 3.37. The fraction of sp³-hybridized carbons (Fsp3) is 0.375. The number of rotatable bonds is 4. The molecule has 1 aliphatic rings. The van der Waals surface area contributed by atoms with Gasteiger partial charge in [0, 0.05) is 29.4 Å². The molecule has 3 rings (SSSR count). The first-order valence-corrected chi connectivity index (χ1v) is 7.99. The van der Waals surface area contributed by atoms with Gasteiger partial charge in [0.15, 0.2) is 0 Å². The Morgan fingerprint density at radius 3 is 3.10 bits per heavy atom. The van der Waals surface area contributed by atoms with Crippen LogP contribution >= 0.6 is 11.3 Å². The van der Waals surface area contributed by atoms with Gasteiger partial charge in [-0.1, -0.05) is 12.1 Å². The molecular formula is C16H18N2O2S. The summed E-state index contributed by atoms with van der Waals surface area (Å²) < 4.78 is 5.77. The Labute approximate surface area is 128 Å². The number of nitrogens with zero attached hydrogens (tertiary/aromatic N) is 1. The summed E-state index contributed by atoms with van der Waals surface area (Å²) in [4.78, 5) is 17.6. The molecule has 1 amide bonds. The number of carbonyl (C=O) groups excluding carboxylic acids is 1. The van der Waals surface area contributed by atoms with E-state index in [1.807, 2.05) is 36.6 Å². The standard InChI is InChI=1S/C16H18N2O2S/c1-11(14-5-3-9-21-14)16(19)18-13-6-8-20-15(13)12-4-2-7-17-10-12/h2-5,7,9-11,13,15H,6,8H2,1H3,(H,18,19)/t11-,13-,15+/m0/s1. The smallest absolute Gasteiger partial charge is 0.228 e. The molecule has 1 fully saturated rings. The summed E-state index contributed by atoms with van der Waals surface area (Å²) in [5.41, 5.74) is 1.02. The molecule has 1 aliphatic heterocycles. The molecule has 2 aromatic heterocycles. The average molecular weight is 302 g/mol. The maximum absolute atomic E-state index is 12.4. The predicted molar refractivity (Wildman–Crippen MR) is 82.2 cm³/mol. The number of hydrogen-bond acceptors (Lipinski definition) is 4. The van der Waals surface area contributed by atoms with E-state index in [0.717, 1.165) is 16.9 Å². The quantitative estimate of drug-likeness (QED) is 0.945. The van der Waals surface area contributed by atoms with E-state index in [9.17, 15) is 4.79 Å². The predicted octanol–water partition coefficient (Wildman–Crippen LogP) is 2.89. The zero-order valence-electron chi connectivity index (χ0n) is 11.9. The first kappa shape index (κ1) is 14.2. The van der Waals surface area contributed by atoms with Crippen LogP contribution in [0.3, 0.4) is 0 Å². The SMILES string of the molecule is C[C@H](C(=O)N[C@H]1CCO[C@@H]1c1cccnc1)c1cccs1. The van der Waals surface area contributed by atoms with Gasteiger partial charge < -0.3 is 10.1 Å². The van der Waals surface area contributed by atoms with Gasteiger partial charge in [-0.3, -0.25) is 9.78 Å². The van der Waals surface area contributed by atoms with Gasteiger partial charge in [0.1, 0.15) is 6.10 Å². The normalized spacial score (nSPS) is 22.9. The maximum atomic E-state index is 12.4. The van der Waals surface area contributed by atoms with Crippen molar-refractivity contribution < 1.29 is 9.53 Å². The van der Waals surface area contributed by atoms with Gasteiger partial charge in [0.25, 0.3) is 0 Å². The highest BCUT2D eigenvalue weighted by molar-refractivity contribution is 7.10. The number of nitrogens with one attached hydrogen (secondary N) is 1. The van der Waals surface area contributed by atoms with E-state index >= 15 is 0 Å². The van der Waals surface area contributed by atoms with Crippen molar-refractivity contribution in [2.24, 2.45) is 0 Å². The Bertz CT molecular complexity index is 586. The van der Waals surface area contributed by atoms with Gasteiger partial charge in [-0.25, -0.2) is 0 Å². The summed E-state index contributed by atoms with van der Waals surface area (Å²) >= 11 is 1.61. The molecule has 4 nitrogen and oxygen atoms in total. The molecule has 0 aromatic carbocycles. The second kappa shape index (κ2) is 6.37. The molecule has 0 unspecified atom stereocenters. The minimum atomic E-state index is -0.125. The third kappa shape index (κ3) is 3.14. The number of ether oxygens (including phenoxy) is 1. The van der Waals surface area contributed by atoms with Crippen LogP contribution < -0.4 is 5.32 Å². The Balaban J connectivity index is 1.68. The highest BCUT2D eigenvalue weighted by Gasteiger charge is 2.32. The van der Waals surface area contributed by atoms with Gasteiger partial charge >= 0.3 is 0 Å². The molecular weight excluding hydrogens is 284 g/mol. The maximum Gasteiger partial charge on any atom is 0.228 e. The monoisotopic (exact) mass is 302 g/mol. The van der Waals surface area contributed by atoms with Crippen LogP contribution in [0, 0.1) is 0 Å². The lowest BCUT2D eigenvalue weighted by Gasteiger charge is -2.21. The van der Waals surface area contributed by atoms with Gasteiger partial charge in [0.05, 0.1) is 12.0 Å². The third-order valence-electron chi connectivity index (χ3n) is 3.80. The van der Waals surface area contributed by atoms with Crippen molar-refractivity contribution in [3.8, 4) is 0 Å². The molecule has 1 saturated heterocycles. The van der Waals surface area contributed by atoms with Crippen LogP contribution in [0.1, 0.15) is 35.8 Å². The van der Waals surface area contributed by atoms with Crippen LogP contribution in [0.4, 0.5) is 0 Å². The van der Waals surface area contributed by atoms with Crippen molar-refractivity contribution in [2.45, 2.75) is 31.4 Å². The highest BCUT2D eigenvalue weighted by Crippen LogP contribution is 2.29. The number of thiophene rings is 1. The molecule has 0 spiro atoms. The zero-order valence-corrected chi connectivity index (χ0v) is 12.7. The molecule has 3 atom stereocenters. The van der Waals surface area contributed by atoms with Gasteiger partial charge in [-0.2, -0.15) is 0 Å². The fourth-order valence-electron chi connectivity index (χ4n) is 2.58. The molecule has 0 aliphatic carbocycles. The van der Waals surface area contributed by atoms with E-state index < -0.39 is 0 Å². The van der Waals surface area contributed by atoms with E-state index in [2.05, 4.69) is 10.3 Å². The number of carbonyl (C=O) groups is 1. The van der Waals surface area contributed by atoms with Crippen LogP contribution in [0.2, 0.25) is 0 Å². The summed E-state index contributed by atoms with van der Waals surface area (Å²) in [7, 11) is 0. The summed E-state index contributed by atoms with van der Waals surface area (Å²) in [6.07, 6.45) is 4.28. The average Bonchev–Trinajstić information content (AvgIpc) is 3.19. The minimum absolute atomic E-state index is 0.0177. The second-order valence-electron chi connectivity index (χ2n) is 5.22. The number of pyridine rings is 1. The molecule has 21 heavy (non-hydrogen) atoms. The Hall–Kier alpha value is -1.72. The molecule has 3 heterocycles. The molecule has 0 bridgehead atoms. The summed E-state index contributed by atoms with van der Waals surface area (Å²) in [6.45, 7) is 2.61. The lowest BCUT2D eigenvalue weighted by Crippen LogP contribution is -2.39. The van der Waals surface area contributed by atoms with Crippen molar-refractivity contribution in [3.05, 3.63) is 52.5 Å². The number of amides is 1. The van der Waals surface area contributed by atoms with E-state index in [1.54, 1.807) is 23.7 Å². The topological polar surface area (TPSA) is 51.2 Å². The first-order chi connectivity index (χ1) is 10.3. The van der Waals surface area contributed by atoms with Crippen molar-refractivity contribution in [1.29, 1.82) is 0 Å². The van der Waals surface area contributed by atoms with Crippen molar-refractivity contribution in [1.82, 2.24) is 10.3 Å². The molecule has 1 N–H and O–H groups in total. The summed E-state index contributed by atoms with van der Waals surface area (Å²) in [5, 5.41) is 5.13. The lowest BCUT2D eigenvalue weighted by atomic mass is 10.0. The highest BCUT2D eigenvalue weighted by atomic mass is 32.1. The molecule has 0 saturated carbocycles. The Kier molecular flexibility index (Phi) is 4.31. The van der Waals surface area contributed by atoms with Crippen molar-refractivity contribution in [2.75, 3.05) is 6.61 Å². The van der Waals surface area contributed by atoms with Crippen LogP contribution in [-0.4, -0.2) is 23.5 Å². The third-order valence-corrected chi connectivity index (χ3v) is 4.85. The summed E-state index contributed by atoms with van der Waals surface area (Å²) in [5.74, 6) is -0.0676. The number of aromatic nitrogens is 1. The summed E-state index contributed by atoms with van der Waals surface area (Å²) in [6, 6.07) is 7.87. The largest absolute Gasteiger partial charge is 0.371 e. The second-order valence-corrected chi connectivity index (χ2v) is 6.20. The van der Waals surface area contributed by atoms with Crippen molar-refractivity contribution >= 4 is 17.2 Å². The van der Waals surface area contributed by atoms with E-state index in [1.165, 1.54) is 0 Å². The van der Waals surface area contributed by atoms with Gasteiger partial charge in [-0.15, -0.1) is 11.3 Å². The van der Waals surface area contributed by atoms with E-state index in [0.29, 0.717) is 6.61 Å². The van der Waals surface area contributed by atoms with Crippen molar-refractivity contribution in [3.63, 3.8) is 0 Å². The van der Waals surface area contributed by atoms with Crippen LogP contribution in [0.5, 0.6) is 0 Å². The number of hydrogen-bond donors (Lipinski definition) is 1. The molecule has 0 radical (unpaired) electrons. The minimum Gasteiger partial charge on any atom is -0.371 e. The van der Waals surface area contributed by atoms with Crippen LogP contribution in [0.15, 0.2) is 42.0 Å². The Morgan fingerprint density at radius 2 is 2.38 bits per heavy atom. The van der Waals surface area contributed by atoms with Gasteiger partial charge in [0.2, 0.25) is 5.91 Å². The van der Waals surface area contributed by atoms with E-state index in [-0.39, 0.29) is 24.0 Å².